The fourth-order valence-electron chi connectivity index (χ4n) is 2.06. The third kappa shape index (κ3) is 2.65. The van der Waals surface area contributed by atoms with Crippen LogP contribution < -0.4 is 5.32 Å². The number of anilines is 1. The van der Waals surface area contributed by atoms with E-state index in [1.165, 1.54) is 18.4 Å². The molecule has 94 valence electrons. The second-order valence-electron chi connectivity index (χ2n) is 4.64. The molecule has 1 unspecified atom stereocenters. The minimum absolute atomic E-state index is 0.328. The van der Waals surface area contributed by atoms with Gasteiger partial charge >= 0.3 is 0 Å². The van der Waals surface area contributed by atoms with Crippen LogP contribution in [0.15, 0.2) is 24.3 Å². The highest BCUT2D eigenvalue weighted by molar-refractivity contribution is 7.15. The van der Waals surface area contributed by atoms with E-state index in [-0.39, 0.29) is 0 Å². The predicted molar refractivity (Wildman–Crippen MR) is 75.2 cm³/mol. The van der Waals surface area contributed by atoms with Gasteiger partial charge in [-0.15, -0.1) is 10.2 Å². The minimum atomic E-state index is 0.328. The lowest BCUT2D eigenvalue weighted by Crippen LogP contribution is -2.12. The molecular formula is C13H14ClN3S. The zero-order valence-corrected chi connectivity index (χ0v) is 11.6. The van der Waals surface area contributed by atoms with Gasteiger partial charge in [-0.25, -0.2) is 0 Å². The second-order valence-corrected chi connectivity index (χ2v) is 6.26. The summed E-state index contributed by atoms with van der Waals surface area (Å²) >= 11 is 7.53. The Kier molecular flexibility index (Phi) is 3.22. The van der Waals surface area contributed by atoms with Gasteiger partial charge in [0.05, 0.1) is 6.04 Å². The van der Waals surface area contributed by atoms with Crippen molar-refractivity contribution in [1.82, 2.24) is 10.2 Å². The van der Waals surface area contributed by atoms with E-state index in [9.17, 15) is 0 Å². The van der Waals surface area contributed by atoms with Gasteiger partial charge in [-0.05, 0) is 43.4 Å². The molecule has 3 nitrogen and oxygen atoms in total. The maximum atomic E-state index is 5.93. The van der Waals surface area contributed by atoms with Crippen molar-refractivity contribution in [3.8, 4) is 0 Å². The molecule has 1 atom stereocenters. The van der Waals surface area contributed by atoms with Gasteiger partial charge in [-0.1, -0.05) is 35.1 Å². The molecule has 1 saturated carbocycles. The highest BCUT2D eigenvalue weighted by Crippen LogP contribution is 2.43. The third-order valence-corrected chi connectivity index (χ3v) is 4.15. The van der Waals surface area contributed by atoms with E-state index in [1.54, 1.807) is 11.3 Å². The molecule has 0 amide bonds. The van der Waals surface area contributed by atoms with E-state index in [4.69, 9.17) is 11.6 Å². The molecule has 1 aliphatic carbocycles. The molecule has 1 aromatic carbocycles. The van der Waals surface area contributed by atoms with Gasteiger partial charge in [0.25, 0.3) is 0 Å². The Hall–Kier alpha value is -1.13. The lowest BCUT2D eigenvalue weighted by Gasteiger charge is -2.17. The molecular weight excluding hydrogens is 266 g/mol. The topological polar surface area (TPSA) is 37.8 Å². The van der Waals surface area contributed by atoms with Crippen LogP contribution in [0.5, 0.6) is 0 Å². The van der Waals surface area contributed by atoms with Crippen LogP contribution in [0.3, 0.4) is 0 Å². The van der Waals surface area contributed by atoms with Crippen LogP contribution in [-0.2, 0) is 0 Å². The first-order chi connectivity index (χ1) is 8.72. The summed E-state index contributed by atoms with van der Waals surface area (Å²) in [7, 11) is 0. The summed E-state index contributed by atoms with van der Waals surface area (Å²) in [5.41, 5.74) is 1.27. The van der Waals surface area contributed by atoms with Gasteiger partial charge in [0.15, 0.2) is 0 Å². The molecule has 1 aromatic heterocycles. The highest BCUT2D eigenvalue weighted by Gasteiger charge is 2.32. The van der Waals surface area contributed by atoms with Crippen LogP contribution in [0.4, 0.5) is 5.13 Å². The van der Waals surface area contributed by atoms with Gasteiger partial charge in [-0.2, -0.15) is 0 Å². The quantitative estimate of drug-likeness (QED) is 0.917. The fraction of sp³-hybridized carbons (Fsp3) is 0.385. The Morgan fingerprint density at radius 1 is 1.28 bits per heavy atom. The van der Waals surface area contributed by atoms with Crippen molar-refractivity contribution in [2.24, 2.45) is 5.92 Å². The first kappa shape index (κ1) is 11.9. The SMILES string of the molecule is Cc1nnc(NC(c2ccc(Cl)cc2)C2CC2)s1. The van der Waals surface area contributed by atoms with Crippen LogP contribution in [0, 0.1) is 12.8 Å². The summed E-state index contributed by atoms with van der Waals surface area (Å²) in [6.45, 7) is 1.97. The van der Waals surface area contributed by atoms with E-state index in [2.05, 4.69) is 27.6 Å². The molecule has 5 heteroatoms. The lowest BCUT2D eigenvalue weighted by atomic mass is 10.0. The monoisotopic (exact) mass is 279 g/mol. The Morgan fingerprint density at radius 3 is 2.56 bits per heavy atom. The minimum Gasteiger partial charge on any atom is -0.353 e. The second kappa shape index (κ2) is 4.86. The molecule has 0 spiro atoms. The van der Waals surface area contributed by atoms with Crippen molar-refractivity contribution >= 4 is 28.1 Å². The number of hydrogen-bond acceptors (Lipinski definition) is 4. The van der Waals surface area contributed by atoms with Crippen LogP contribution in [0.2, 0.25) is 5.02 Å². The van der Waals surface area contributed by atoms with Crippen molar-refractivity contribution in [3.63, 3.8) is 0 Å². The van der Waals surface area contributed by atoms with Crippen molar-refractivity contribution in [3.05, 3.63) is 39.9 Å². The Balaban J connectivity index is 1.82. The normalized spacial score (nSPS) is 16.6. The largest absolute Gasteiger partial charge is 0.353 e. The van der Waals surface area contributed by atoms with Crippen molar-refractivity contribution < 1.29 is 0 Å². The lowest BCUT2D eigenvalue weighted by molar-refractivity contribution is 0.676. The van der Waals surface area contributed by atoms with Gasteiger partial charge < -0.3 is 5.32 Å². The number of nitrogens with one attached hydrogen (secondary N) is 1. The van der Waals surface area contributed by atoms with E-state index >= 15 is 0 Å². The first-order valence-electron chi connectivity index (χ1n) is 6.04. The zero-order valence-electron chi connectivity index (χ0n) is 10.1. The van der Waals surface area contributed by atoms with Gasteiger partial charge in [0.1, 0.15) is 5.01 Å². The molecule has 1 aliphatic rings. The maximum Gasteiger partial charge on any atom is 0.206 e. The number of aryl methyl sites for hydroxylation is 1. The van der Waals surface area contributed by atoms with Gasteiger partial charge in [0.2, 0.25) is 5.13 Å². The molecule has 0 radical (unpaired) electrons. The van der Waals surface area contributed by atoms with Gasteiger partial charge in [-0.3, -0.25) is 0 Å². The van der Waals surface area contributed by atoms with E-state index in [1.807, 2.05) is 19.1 Å². The number of hydrogen-bond donors (Lipinski definition) is 1. The molecule has 1 N–H and O–H groups in total. The fourth-order valence-corrected chi connectivity index (χ4v) is 2.82. The summed E-state index contributed by atoms with van der Waals surface area (Å²) < 4.78 is 0. The molecule has 2 aromatic rings. The van der Waals surface area contributed by atoms with E-state index in [0.29, 0.717) is 12.0 Å². The zero-order chi connectivity index (χ0) is 12.5. The predicted octanol–water partition coefficient (Wildman–Crippen LogP) is 4.06. The summed E-state index contributed by atoms with van der Waals surface area (Å²) in [6, 6.07) is 8.39. The number of benzene rings is 1. The average molecular weight is 280 g/mol. The Bertz CT molecular complexity index is 533. The van der Waals surface area contributed by atoms with Gasteiger partial charge in [0, 0.05) is 5.02 Å². The number of nitrogens with zero attached hydrogens (tertiary/aromatic N) is 2. The molecule has 18 heavy (non-hydrogen) atoms. The number of rotatable bonds is 4. The molecule has 0 saturated heterocycles. The Labute approximate surface area is 115 Å². The maximum absolute atomic E-state index is 5.93. The average Bonchev–Trinajstić information content (AvgIpc) is 3.12. The third-order valence-electron chi connectivity index (χ3n) is 3.13. The standard InChI is InChI=1S/C13H14ClN3S/c1-8-16-17-13(18-8)15-12(9-2-3-9)10-4-6-11(14)7-5-10/h4-7,9,12H,2-3H2,1H3,(H,15,17). The number of aromatic nitrogens is 2. The van der Waals surface area contributed by atoms with Crippen molar-refractivity contribution in [2.45, 2.75) is 25.8 Å². The van der Waals surface area contributed by atoms with E-state index in [0.717, 1.165) is 15.2 Å². The molecule has 0 aliphatic heterocycles. The van der Waals surface area contributed by atoms with Crippen LogP contribution >= 0.6 is 22.9 Å². The summed E-state index contributed by atoms with van der Waals surface area (Å²) in [5.74, 6) is 0.704. The smallest absolute Gasteiger partial charge is 0.206 e. The van der Waals surface area contributed by atoms with Crippen LogP contribution in [-0.4, -0.2) is 10.2 Å². The molecule has 0 bridgehead atoms. The van der Waals surface area contributed by atoms with Crippen molar-refractivity contribution in [1.29, 1.82) is 0 Å². The Morgan fingerprint density at radius 2 is 2.00 bits per heavy atom. The summed E-state index contributed by atoms with van der Waals surface area (Å²) in [6.07, 6.45) is 2.55. The van der Waals surface area contributed by atoms with Crippen LogP contribution in [0.25, 0.3) is 0 Å². The van der Waals surface area contributed by atoms with E-state index < -0.39 is 0 Å². The van der Waals surface area contributed by atoms with Crippen molar-refractivity contribution in [2.75, 3.05) is 5.32 Å². The van der Waals surface area contributed by atoms with Crippen LogP contribution in [0.1, 0.15) is 29.5 Å². The summed E-state index contributed by atoms with van der Waals surface area (Å²) in [5, 5.41) is 14.4. The molecule has 3 rings (SSSR count). The first-order valence-corrected chi connectivity index (χ1v) is 7.24. The molecule has 1 heterocycles. The summed E-state index contributed by atoms with van der Waals surface area (Å²) in [4.78, 5) is 0. The molecule has 1 fully saturated rings. The number of halogens is 1. The highest BCUT2D eigenvalue weighted by atomic mass is 35.5.